The fraction of sp³-hybridized carbons (Fsp3) is 0.543. The van der Waals surface area contributed by atoms with Crippen LogP contribution in [-0.2, 0) is 4.79 Å². The van der Waals surface area contributed by atoms with Crippen LogP contribution in [0.15, 0.2) is 59.4 Å². The number of unbranched alkanes of at least 4 members (excludes halogenated alkanes) is 1. The number of pyridine rings is 1. The number of amidine groups is 1. The van der Waals surface area contributed by atoms with Crippen LogP contribution in [0.5, 0.6) is 5.75 Å². The number of nitrogens with two attached hydrogens (primary N) is 1. The third-order valence-electron chi connectivity index (χ3n) is 8.41. The van der Waals surface area contributed by atoms with Crippen molar-refractivity contribution in [3.63, 3.8) is 0 Å². The second kappa shape index (κ2) is 16.4. The van der Waals surface area contributed by atoms with Gasteiger partial charge in [0.05, 0.1) is 6.20 Å². The summed E-state index contributed by atoms with van der Waals surface area (Å²) in [5.74, 6) is 1.69. The Kier molecular flexibility index (Phi) is 13.0. The molecule has 0 unspecified atom stereocenters. The molecule has 10 heteroatoms. The van der Waals surface area contributed by atoms with Gasteiger partial charge in [0, 0.05) is 38.1 Å². The van der Waals surface area contributed by atoms with Crippen LogP contribution >= 0.6 is 0 Å². The first-order valence-corrected chi connectivity index (χ1v) is 16.1. The number of rotatable bonds is 7. The minimum absolute atomic E-state index is 0.00333. The Morgan fingerprint density at radius 3 is 2.38 bits per heavy atom. The van der Waals surface area contributed by atoms with E-state index < -0.39 is 0 Å². The summed E-state index contributed by atoms with van der Waals surface area (Å²) in [5, 5.41) is 35.8. The summed E-state index contributed by atoms with van der Waals surface area (Å²) in [4.78, 5) is 15.9. The van der Waals surface area contributed by atoms with Gasteiger partial charge in [-0.3, -0.25) is 20.2 Å². The smallest absolute Gasteiger partial charge is 0.244 e. The van der Waals surface area contributed by atoms with E-state index >= 15 is 0 Å². The standard InChI is InChI=1S/C26H36N4O2.C9H16N2O2/c1-2-3-6-20-9-11-24(23-8-5-4-7-22(20)23)32-21-10-12-25(27)30(17-21)26(28)29-15-13-19(18-31)14-16-29;1-6(12)11-8(10)5-7(13)9(2,3)4/h4-5,7-8,10,12,17,19-20,24,27-28,31H,2-3,6,9,11,13-16,18H2,1H3;5,13H,1-4H3,(H2,10,11,12)/b;7-5-/t20-,24+;/m0./s1. The molecule has 45 heavy (non-hydrogen) atoms. The Morgan fingerprint density at radius 2 is 1.78 bits per heavy atom. The first-order valence-electron chi connectivity index (χ1n) is 16.1. The van der Waals surface area contributed by atoms with Gasteiger partial charge in [-0.05, 0) is 67.2 Å². The predicted octanol–water partition coefficient (Wildman–Crippen LogP) is 6.02. The summed E-state index contributed by atoms with van der Waals surface area (Å²) in [5.41, 5.74) is 7.96. The lowest BCUT2D eigenvalue weighted by Crippen LogP contribution is -2.44. The van der Waals surface area contributed by atoms with Crippen molar-refractivity contribution in [2.75, 3.05) is 19.7 Å². The van der Waals surface area contributed by atoms with E-state index in [1.165, 1.54) is 43.4 Å². The van der Waals surface area contributed by atoms with E-state index in [0.29, 0.717) is 23.5 Å². The van der Waals surface area contributed by atoms with Gasteiger partial charge in [0.1, 0.15) is 28.9 Å². The molecule has 4 rings (SSSR count). The maximum Gasteiger partial charge on any atom is 0.244 e. The van der Waals surface area contributed by atoms with Gasteiger partial charge in [-0.1, -0.05) is 64.8 Å². The average molecular weight is 621 g/mol. The SMILES string of the molecule is CC(=O)N=C(N)/C=C(\O)C(C)(C)C.CCCC[C@H]1CC[C@@H](Oc2ccc(=N)n(C(=N)N3CCC(CO)CC3)c2)c2ccccc21. The van der Waals surface area contributed by atoms with E-state index in [4.69, 9.17) is 21.3 Å². The Morgan fingerprint density at radius 1 is 1.11 bits per heavy atom. The molecule has 1 amide bonds. The summed E-state index contributed by atoms with van der Waals surface area (Å²) in [6.07, 6.45) is 10.7. The number of amides is 1. The van der Waals surface area contributed by atoms with Gasteiger partial charge in [-0.25, -0.2) is 0 Å². The molecule has 1 aromatic carbocycles. The second-order valence-corrected chi connectivity index (χ2v) is 13.0. The summed E-state index contributed by atoms with van der Waals surface area (Å²) in [7, 11) is 0. The van der Waals surface area contributed by atoms with E-state index in [2.05, 4.69) is 36.2 Å². The molecule has 6 N–H and O–H groups in total. The second-order valence-electron chi connectivity index (χ2n) is 13.0. The molecule has 0 spiro atoms. The van der Waals surface area contributed by atoms with E-state index in [0.717, 1.165) is 38.8 Å². The highest BCUT2D eigenvalue weighted by Crippen LogP contribution is 2.41. The number of benzene rings is 1. The minimum Gasteiger partial charge on any atom is -0.512 e. The Hall–Kier alpha value is -3.92. The fourth-order valence-electron chi connectivity index (χ4n) is 5.65. The van der Waals surface area contributed by atoms with E-state index in [1.54, 1.807) is 16.8 Å². The van der Waals surface area contributed by atoms with E-state index in [1.807, 2.05) is 31.7 Å². The van der Waals surface area contributed by atoms with Gasteiger partial charge in [0.25, 0.3) is 0 Å². The molecule has 1 saturated heterocycles. The molecular weight excluding hydrogens is 568 g/mol. The van der Waals surface area contributed by atoms with Crippen LogP contribution in [-0.4, -0.2) is 57.1 Å². The third-order valence-corrected chi connectivity index (χ3v) is 8.41. The molecule has 1 aliphatic carbocycles. The van der Waals surface area contributed by atoms with Gasteiger partial charge in [0.2, 0.25) is 11.9 Å². The Bertz CT molecular complexity index is 1420. The number of aromatic nitrogens is 1. The number of nitrogens with zero attached hydrogens (tertiary/aromatic N) is 3. The predicted molar refractivity (Wildman–Crippen MR) is 179 cm³/mol. The Labute approximate surface area is 267 Å². The quantitative estimate of drug-likeness (QED) is 0.144. The molecule has 1 aromatic heterocycles. The van der Waals surface area contributed by atoms with Crippen molar-refractivity contribution in [2.45, 2.75) is 91.6 Å². The molecule has 0 radical (unpaired) electrons. The zero-order valence-electron chi connectivity index (χ0n) is 27.6. The van der Waals surface area contributed by atoms with Gasteiger partial charge >= 0.3 is 0 Å². The van der Waals surface area contributed by atoms with Crippen LogP contribution in [0.1, 0.15) is 103 Å². The van der Waals surface area contributed by atoms with Crippen molar-refractivity contribution in [1.29, 1.82) is 10.8 Å². The molecule has 1 fully saturated rings. The maximum absolute atomic E-state index is 10.5. The number of nitrogens with one attached hydrogen (secondary N) is 2. The van der Waals surface area contributed by atoms with Gasteiger partial charge in [-0.2, -0.15) is 4.99 Å². The summed E-state index contributed by atoms with van der Waals surface area (Å²) >= 11 is 0. The van der Waals surface area contributed by atoms with E-state index in [9.17, 15) is 15.0 Å². The highest BCUT2D eigenvalue weighted by atomic mass is 16.5. The molecule has 0 bridgehead atoms. The molecule has 10 nitrogen and oxygen atoms in total. The van der Waals surface area contributed by atoms with Crippen LogP contribution in [0.2, 0.25) is 0 Å². The molecule has 2 aliphatic rings. The molecule has 2 atom stereocenters. The number of aliphatic hydroxyl groups is 2. The number of hydrogen-bond donors (Lipinski definition) is 5. The number of aliphatic imine (C=N–C) groups is 1. The highest BCUT2D eigenvalue weighted by molar-refractivity contribution is 5.99. The minimum atomic E-state index is -0.379. The number of ether oxygens (including phenoxy) is 1. The van der Waals surface area contributed by atoms with Gasteiger partial charge < -0.3 is 25.6 Å². The van der Waals surface area contributed by atoms with Crippen molar-refractivity contribution >= 4 is 17.7 Å². The van der Waals surface area contributed by atoms with Crippen molar-refractivity contribution in [1.82, 2.24) is 9.47 Å². The number of allylic oxidation sites excluding steroid dienone is 1. The van der Waals surface area contributed by atoms with Crippen molar-refractivity contribution in [3.05, 3.63) is 71.0 Å². The van der Waals surface area contributed by atoms with Gasteiger partial charge in [0.15, 0.2) is 0 Å². The maximum atomic E-state index is 10.5. The van der Waals surface area contributed by atoms with Crippen LogP contribution in [0.3, 0.4) is 0 Å². The average Bonchev–Trinajstić information content (AvgIpc) is 3.00. The lowest BCUT2D eigenvalue weighted by molar-refractivity contribution is -0.115. The molecule has 246 valence electrons. The van der Waals surface area contributed by atoms with Crippen molar-refractivity contribution in [3.8, 4) is 5.75 Å². The van der Waals surface area contributed by atoms with Crippen LogP contribution in [0.4, 0.5) is 0 Å². The molecule has 2 aromatic rings. The number of hydrogen-bond acceptors (Lipinski definition) is 6. The summed E-state index contributed by atoms with van der Waals surface area (Å²) in [6.45, 7) is 10.7. The zero-order valence-corrected chi connectivity index (χ0v) is 27.6. The number of likely N-dealkylation sites (tertiary alicyclic amines) is 1. The lowest BCUT2D eigenvalue weighted by atomic mass is 9.79. The number of carbonyl (C=O) groups is 1. The number of fused-ring (bicyclic) bond motifs is 1. The van der Waals surface area contributed by atoms with Crippen molar-refractivity contribution in [2.24, 2.45) is 22.1 Å². The first kappa shape index (κ1) is 35.6. The Balaban J connectivity index is 0.000000360. The van der Waals surface area contributed by atoms with Crippen molar-refractivity contribution < 1.29 is 19.7 Å². The summed E-state index contributed by atoms with van der Waals surface area (Å²) in [6, 6.07) is 12.2. The van der Waals surface area contributed by atoms with Crippen LogP contribution in [0, 0.1) is 22.2 Å². The fourth-order valence-corrected chi connectivity index (χ4v) is 5.65. The number of piperidine rings is 1. The lowest BCUT2D eigenvalue weighted by Gasteiger charge is -2.34. The van der Waals surface area contributed by atoms with E-state index in [-0.39, 0.29) is 41.1 Å². The largest absolute Gasteiger partial charge is 0.512 e. The number of carbonyl (C=O) groups excluding carboxylic acids is 1. The van der Waals surface area contributed by atoms with Gasteiger partial charge in [-0.15, -0.1) is 0 Å². The molecule has 2 heterocycles. The number of aliphatic hydroxyl groups excluding tert-OH is 2. The highest BCUT2D eigenvalue weighted by Gasteiger charge is 2.28. The molecule has 1 aliphatic heterocycles. The topological polar surface area (TPSA) is 161 Å². The zero-order chi connectivity index (χ0) is 33.1. The van der Waals surface area contributed by atoms with Crippen LogP contribution < -0.4 is 16.0 Å². The molecular formula is C35H52N6O4. The first-order chi connectivity index (χ1) is 21.3. The third kappa shape index (κ3) is 10.3. The summed E-state index contributed by atoms with van der Waals surface area (Å²) < 4.78 is 8.05. The van der Waals surface area contributed by atoms with Crippen LogP contribution in [0.25, 0.3) is 0 Å². The monoisotopic (exact) mass is 620 g/mol. The normalized spacial score (nSPS) is 19.3. The molecule has 0 saturated carbocycles.